The smallest absolute Gasteiger partial charge is 0.550 e. The zero-order valence-electron chi connectivity index (χ0n) is 20.3. The maximum atomic E-state index is 10.3. The van der Waals surface area contributed by atoms with Gasteiger partial charge in [-0.2, -0.15) is 0 Å². The van der Waals surface area contributed by atoms with Crippen molar-refractivity contribution in [2.75, 3.05) is 0 Å². The van der Waals surface area contributed by atoms with E-state index in [9.17, 15) is 9.90 Å². The maximum Gasteiger partial charge on any atom is 1.00 e. The Morgan fingerprint density at radius 1 is 0.448 bits per heavy atom. The Bertz CT molecular complexity index is 307. The monoisotopic (exact) mass is 418 g/mol. The molecule has 0 spiro atoms. The van der Waals surface area contributed by atoms with Crippen molar-refractivity contribution in [2.45, 2.75) is 161 Å². The summed E-state index contributed by atoms with van der Waals surface area (Å²) in [5.74, 6) is -0.900. The van der Waals surface area contributed by atoms with E-state index in [1.807, 2.05) is 0 Å². The summed E-state index contributed by atoms with van der Waals surface area (Å²) >= 11 is 0. The Morgan fingerprint density at radius 3 is 0.862 bits per heavy atom. The van der Waals surface area contributed by atoms with Crippen molar-refractivity contribution in [3.05, 3.63) is 0 Å². The van der Waals surface area contributed by atoms with Crippen LogP contribution < -0.4 is 34.7 Å². The molecule has 0 amide bonds. The summed E-state index contributed by atoms with van der Waals surface area (Å²) in [6.07, 6.45) is 31.7. The number of aliphatic carboxylic acids is 1. The van der Waals surface area contributed by atoms with Crippen molar-refractivity contribution in [1.29, 1.82) is 0 Å². The van der Waals surface area contributed by atoms with Crippen LogP contribution in [0.1, 0.15) is 161 Å². The minimum Gasteiger partial charge on any atom is -0.550 e. The molecule has 0 aromatic heterocycles. The van der Waals surface area contributed by atoms with Gasteiger partial charge in [0.2, 0.25) is 0 Å². The van der Waals surface area contributed by atoms with Crippen molar-refractivity contribution in [2.24, 2.45) is 0 Å². The Labute approximate surface area is 205 Å². The standard InChI is InChI=1S/C26H52O2.Na/c1-2-3-4-5-6-7-8-9-10-11-12-13-14-15-16-17-18-19-20-21-22-23-24-25-26(27)28;/h2-25H2,1H3,(H,27,28);/q;+1/p-1. The summed E-state index contributed by atoms with van der Waals surface area (Å²) in [5, 5.41) is 10.3. The normalized spacial score (nSPS) is 10.8. The predicted molar refractivity (Wildman–Crippen MR) is 121 cm³/mol. The van der Waals surface area contributed by atoms with Crippen molar-refractivity contribution in [3.63, 3.8) is 0 Å². The molecular formula is C26H51NaO2. The molecule has 0 aliphatic carbocycles. The average Bonchev–Trinajstić information content (AvgIpc) is 2.68. The van der Waals surface area contributed by atoms with Gasteiger partial charge in [0.25, 0.3) is 0 Å². The second kappa shape index (κ2) is 28.5. The summed E-state index contributed by atoms with van der Waals surface area (Å²) in [5.41, 5.74) is 0. The largest absolute Gasteiger partial charge is 1.00 e. The van der Waals surface area contributed by atoms with E-state index in [2.05, 4.69) is 6.92 Å². The minimum atomic E-state index is -0.900. The fourth-order valence-corrected chi connectivity index (χ4v) is 4.05. The fourth-order valence-electron chi connectivity index (χ4n) is 4.05. The van der Waals surface area contributed by atoms with E-state index in [1.165, 1.54) is 135 Å². The summed E-state index contributed by atoms with van der Waals surface area (Å²) in [6, 6.07) is 0. The van der Waals surface area contributed by atoms with Gasteiger partial charge in [0, 0.05) is 5.97 Å². The molecule has 0 aliphatic rings. The third-order valence-corrected chi connectivity index (χ3v) is 5.98. The number of rotatable bonds is 24. The number of carbonyl (C=O) groups is 1. The van der Waals surface area contributed by atoms with Crippen LogP contribution in [0.15, 0.2) is 0 Å². The van der Waals surface area contributed by atoms with E-state index in [-0.39, 0.29) is 36.0 Å². The van der Waals surface area contributed by atoms with Crippen molar-refractivity contribution in [3.8, 4) is 0 Å². The van der Waals surface area contributed by atoms with Gasteiger partial charge in [-0.15, -0.1) is 0 Å². The summed E-state index contributed by atoms with van der Waals surface area (Å²) in [6.45, 7) is 2.29. The van der Waals surface area contributed by atoms with Gasteiger partial charge in [-0.25, -0.2) is 0 Å². The van der Waals surface area contributed by atoms with Gasteiger partial charge >= 0.3 is 29.6 Å². The molecule has 0 aromatic rings. The maximum absolute atomic E-state index is 10.3. The molecule has 0 N–H and O–H groups in total. The zero-order chi connectivity index (χ0) is 20.5. The molecule has 0 atom stereocenters. The molecule has 29 heavy (non-hydrogen) atoms. The average molecular weight is 419 g/mol. The third kappa shape index (κ3) is 30.7. The molecule has 3 heteroatoms. The van der Waals surface area contributed by atoms with Gasteiger partial charge in [0.05, 0.1) is 0 Å². The topological polar surface area (TPSA) is 40.1 Å². The first-order valence-corrected chi connectivity index (χ1v) is 13.0. The van der Waals surface area contributed by atoms with Gasteiger partial charge < -0.3 is 9.90 Å². The van der Waals surface area contributed by atoms with Crippen LogP contribution in [0.25, 0.3) is 0 Å². The number of carboxylic acid groups (broad SMARTS) is 1. The van der Waals surface area contributed by atoms with Crippen LogP contribution >= 0.6 is 0 Å². The van der Waals surface area contributed by atoms with Gasteiger partial charge in [-0.3, -0.25) is 0 Å². The number of hydrogen-bond donors (Lipinski definition) is 0. The van der Waals surface area contributed by atoms with E-state index in [1.54, 1.807) is 0 Å². The predicted octanol–water partition coefficient (Wildman–Crippen LogP) is 5.12. The Kier molecular flexibility index (Phi) is 31.1. The van der Waals surface area contributed by atoms with Gasteiger partial charge in [0.1, 0.15) is 0 Å². The van der Waals surface area contributed by atoms with Crippen molar-refractivity contribution >= 4 is 5.97 Å². The van der Waals surface area contributed by atoms with Gasteiger partial charge in [-0.05, 0) is 12.8 Å². The van der Waals surface area contributed by atoms with Crippen LogP contribution in [0.3, 0.4) is 0 Å². The van der Waals surface area contributed by atoms with Crippen molar-refractivity contribution in [1.82, 2.24) is 0 Å². The Morgan fingerprint density at radius 2 is 0.655 bits per heavy atom. The molecule has 0 aliphatic heterocycles. The number of unbranched alkanes of at least 4 members (excludes halogenated alkanes) is 22. The molecule has 0 radical (unpaired) electrons. The van der Waals surface area contributed by atoms with Crippen LogP contribution in [0.2, 0.25) is 0 Å². The summed E-state index contributed by atoms with van der Waals surface area (Å²) in [7, 11) is 0. The Hall–Kier alpha value is 0.470. The fraction of sp³-hybridized carbons (Fsp3) is 0.962. The number of carboxylic acids is 1. The van der Waals surface area contributed by atoms with Crippen LogP contribution in [-0.4, -0.2) is 5.97 Å². The van der Waals surface area contributed by atoms with Crippen LogP contribution in [-0.2, 0) is 4.79 Å². The molecule has 0 fully saturated rings. The number of carbonyl (C=O) groups excluding carboxylic acids is 1. The molecule has 0 unspecified atom stereocenters. The first-order valence-electron chi connectivity index (χ1n) is 13.0. The molecule has 0 aromatic carbocycles. The van der Waals surface area contributed by atoms with E-state index in [0.29, 0.717) is 0 Å². The van der Waals surface area contributed by atoms with Gasteiger partial charge in [-0.1, -0.05) is 148 Å². The first kappa shape index (κ1) is 31.7. The van der Waals surface area contributed by atoms with Crippen LogP contribution in [0, 0.1) is 0 Å². The third-order valence-electron chi connectivity index (χ3n) is 5.98. The number of hydrogen-bond acceptors (Lipinski definition) is 2. The van der Waals surface area contributed by atoms with Crippen molar-refractivity contribution < 1.29 is 39.5 Å². The quantitative estimate of drug-likeness (QED) is 0.161. The second-order valence-corrected chi connectivity index (χ2v) is 8.90. The SMILES string of the molecule is CCCCCCCCCCCCCCCCCCCCCCCCCC(=O)[O-].[Na+]. The van der Waals surface area contributed by atoms with Crippen LogP contribution in [0.5, 0.6) is 0 Å². The Balaban J connectivity index is 0. The van der Waals surface area contributed by atoms with Gasteiger partial charge in [0.15, 0.2) is 0 Å². The molecule has 0 heterocycles. The summed E-state index contributed by atoms with van der Waals surface area (Å²) < 4.78 is 0. The van der Waals surface area contributed by atoms with E-state index >= 15 is 0 Å². The first-order chi connectivity index (χ1) is 13.8. The van der Waals surface area contributed by atoms with E-state index in [4.69, 9.17) is 0 Å². The van der Waals surface area contributed by atoms with E-state index < -0.39 is 5.97 Å². The zero-order valence-corrected chi connectivity index (χ0v) is 22.3. The molecular weight excluding hydrogens is 367 g/mol. The second-order valence-electron chi connectivity index (χ2n) is 8.90. The molecule has 0 bridgehead atoms. The van der Waals surface area contributed by atoms with Crippen LogP contribution in [0.4, 0.5) is 0 Å². The molecule has 0 saturated heterocycles. The molecule has 0 rings (SSSR count). The molecule has 2 nitrogen and oxygen atoms in total. The van der Waals surface area contributed by atoms with E-state index in [0.717, 1.165) is 12.8 Å². The molecule has 0 saturated carbocycles. The summed E-state index contributed by atoms with van der Waals surface area (Å²) in [4.78, 5) is 10.3. The molecule has 168 valence electrons. The minimum absolute atomic E-state index is 0.